The molecule has 0 aliphatic rings. The summed E-state index contributed by atoms with van der Waals surface area (Å²) in [5, 5.41) is 0. The van der Waals surface area contributed by atoms with Crippen LogP contribution < -0.4 is 18.9 Å². The number of methoxy groups -OCH3 is 3. The van der Waals surface area contributed by atoms with Crippen molar-refractivity contribution in [2.45, 2.75) is 6.54 Å². The summed E-state index contributed by atoms with van der Waals surface area (Å²) in [7, 11) is 3.90. The van der Waals surface area contributed by atoms with E-state index in [9.17, 15) is 8.42 Å². The lowest BCUT2D eigenvalue weighted by atomic mass is 10.1. The number of nitrogens with one attached hydrogen (secondary N) is 1. The van der Waals surface area contributed by atoms with Gasteiger partial charge < -0.3 is 14.2 Å². The first-order valence-corrected chi connectivity index (χ1v) is 7.25. The van der Waals surface area contributed by atoms with E-state index in [1.807, 2.05) is 0 Å². The highest BCUT2D eigenvalue weighted by Crippen LogP contribution is 2.33. The number of hydrogen-bond donors (Lipinski definition) is 1. The van der Waals surface area contributed by atoms with E-state index >= 15 is 0 Å². The molecule has 0 bridgehead atoms. The van der Waals surface area contributed by atoms with Crippen LogP contribution in [0.2, 0.25) is 0 Å². The molecule has 1 N–H and O–H groups in total. The molecule has 0 atom stereocenters. The highest BCUT2D eigenvalue weighted by atomic mass is 32.2. The molecule has 0 radical (unpaired) electrons. The first-order valence-electron chi connectivity index (χ1n) is 5.81. The molecule has 20 heavy (non-hydrogen) atoms. The first kappa shape index (κ1) is 16.5. The van der Waals surface area contributed by atoms with Gasteiger partial charge in [-0.1, -0.05) is 0 Å². The lowest BCUT2D eigenvalue weighted by Crippen LogP contribution is -2.35. The number of hydrogen-bond acceptors (Lipinski definition) is 5. The minimum atomic E-state index is -3.52. The number of ether oxygens (including phenoxy) is 3. The molecule has 0 amide bonds. The highest BCUT2D eigenvalue weighted by Gasteiger charge is 2.18. The summed E-state index contributed by atoms with van der Waals surface area (Å²) in [4.78, 5) is 0. The molecule has 0 aliphatic heterocycles. The van der Waals surface area contributed by atoms with Crippen LogP contribution in [0.4, 0.5) is 0 Å². The van der Waals surface area contributed by atoms with Gasteiger partial charge in [0.05, 0.1) is 26.9 Å². The van der Waals surface area contributed by atoms with E-state index in [2.05, 4.69) is 4.72 Å². The molecule has 1 rings (SSSR count). The van der Waals surface area contributed by atoms with E-state index in [4.69, 9.17) is 14.2 Å². The van der Waals surface area contributed by atoms with E-state index in [0.717, 1.165) is 4.31 Å². The number of benzene rings is 1. The van der Waals surface area contributed by atoms with Crippen molar-refractivity contribution in [1.29, 1.82) is 0 Å². The molecule has 0 spiro atoms. The summed E-state index contributed by atoms with van der Waals surface area (Å²) in [6.07, 6.45) is 0. The van der Waals surface area contributed by atoms with Crippen LogP contribution in [0, 0.1) is 0 Å². The van der Waals surface area contributed by atoms with Gasteiger partial charge in [0.2, 0.25) is 0 Å². The van der Waals surface area contributed by atoms with E-state index in [-0.39, 0.29) is 6.54 Å². The third kappa shape index (κ3) is 3.75. The fraction of sp³-hybridized carbons (Fsp3) is 0.500. The Balaban J connectivity index is 3.11. The van der Waals surface area contributed by atoms with Crippen molar-refractivity contribution in [1.82, 2.24) is 9.03 Å². The van der Waals surface area contributed by atoms with Crippen LogP contribution in [-0.4, -0.2) is 48.1 Å². The van der Waals surface area contributed by atoms with Gasteiger partial charge in [-0.25, -0.2) is 0 Å². The monoisotopic (exact) mass is 304 g/mol. The second-order valence-electron chi connectivity index (χ2n) is 4.12. The minimum absolute atomic E-state index is 0.0524. The van der Waals surface area contributed by atoms with Crippen molar-refractivity contribution in [2.24, 2.45) is 0 Å². The normalized spacial score (nSPS) is 11.5. The van der Waals surface area contributed by atoms with Gasteiger partial charge in [0.25, 0.3) is 10.2 Å². The molecule has 0 aromatic heterocycles. The van der Waals surface area contributed by atoms with Crippen LogP contribution in [0.15, 0.2) is 12.1 Å². The topological polar surface area (TPSA) is 77.1 Å². The number of rotatable bonds is 7. The lowest BCUT2D eigenvalue weighted by Gasteiger charge is -2.17. The van der Waals surface area contributed by atoms with Crippen LogP contribution in [0.1, 0.15) is 5.56 Å². The molecule has 1 aromatic carbocycles. The predicted molar refractivity (Wildman–Crippen MR) is 75.5 cm³/mol. The molecule has 1 aromatic rings. The molecule has 0 unspecified atom stereocenters. The summed E-state index contributed by atoms with van der Waals surface area (Å²) in [6, 6.07) is 3.34. The van der Waals surface area contributed by atoms with Crippen LogP contribution in [0.5, 0.6) is 17.2 Å². The Hall–Kier alpha value is -1.51. The van der Waals surface area contributed by atoms with E-state index in [0.29, 0.717) is 22.8 Å². The summed E-state index contributed by atoms with van der Waals surface area (Å²) in [6.45, 7) is 0.0524. The van der Waals surface area contributed by atoms with Gasteiger partial charge >= 0.3 is 0 Å². The van der Waals surface area contributed by atoms with Crippen molar-refractivity contribution in [3.05, 3.63) is 17.7 Å². The fourth-order valence-electron chi connectivity index (χ4n) is 1.54. The molecule has 7 nitrogen and oxygen atoms in total. The van der Waals surface area contributed by atoms with Crippen LogP contribution in [-0.2, 0) is 16.8 Å². The van der Waals surface area contributed by atoms with Gasteiger partial charge in [-0.05, 0) is 0 Å². The average molecular weight is 304 g/mol. The van der Waals surface area contributed by atoms with Gasteiger partial charge in [-0.2, -0.15) is 17.4 Å². The predicted octanol–water partition coefficient (Wildman–Crippen LogP) is 0.608. The van der Waals surface area contributed by atoms with Crippen molar-refractivity contribution >= 4 is 10.2 Å². The standard InChI is InChI=1S/C12H20N2O5S/c1-14(2)20(15,16)13-8-10-11(18-4)6-9(17-3)7-12(10)19-5/h6-7,13H,8H2,1-5H3. The Bertz CT molecular complexity index is 532. The minimum Gasteiger partial charge on any atom is -0.496 e. The average Bonchev–Trinajstić information content (AvgIpc) is 2.43. The maximum absolute atomic E-state index is 11.7. The summed E-state index contributed by atoms with van der Waals surface area (Å²) < 4.78 is 42.6. The fourth-order valence-corrected chi connectivity index (χ4v) is 2.13. The van der Waals surface area contributed by atoms with Crippen LogP contribution >= 0.6 is 0 Å². The van der Waals surface area contributed by atoms with Gasteiger partial charge in [-0.3, -0.25) is 0 Å². The Kier molecular flexibility index (Phi) is 5.61. The third-order valence-corrected chi connectivity index (χ3v) is 4.20. The van der Waals surface area contributed by atoms with Gasteiger partial charge in [0.1, 0.15) is 17.2 Å². The Morgan fingerprint density at radius 3 is 1.90 bits per heavy atom. The third-order valence-electron chi connectivity index (χ3n) is 2.73. The summed E-state index contributed by atoms with van der Waals surface area (Å²) in [5.41, 5.74) is 0.598. The molecule has 0 saturated heterocycles. The maximum Gasteiger partial charge on any atom is 0.279 e. The molecule has 0 saturated carbocycles. The quantitative estimate of drug-likeness (QED) is 0.798. The maximum atomic E-state index is 11.7. The van der Waals surface area contributed by atoms with Crippen molar-refractivity contribution < 1.29 is 22.6 Å². The Labute approximate surface area is 119 Å². The molecule has 114 valence electrons. The van der Waals surface area contributed by atoms with Gasteiger partial charge in [0, 0.05) is 32.8 Å². The van der Waals surface area contributed by atoms with Crippen LogP contribution in [0.3, 0.4) is 0 Å². The molecule has 8 heteroatoms. The Morgan fingerprint density at radius 1 is 1.05 bits per heavy atom. The van der Waals surface area contributed by atoms with Crippen molar-refractivity contribution in [3.63, 3.8) is 0 Å². The lowest BCUT2D eigenvalue weighted by molar-refractivity contribution is 0.368. The van der Waals surface area contributed by atoms with E-state index < -0.39 is 10.2 Å². The second kappa shape index (κ2) is 6.78. The largest absolute Gasteiger partial charge is 0.496 e. The second-order valence-corrected chi connectivity index (χ2v) is 6.09. The Morgan fingerprint density at radius 2 is 1.55 bits per heavy atom. The summed E-state index contributed by atoms with van der Waals surface area (Å²) in [5.74, 6) is 1.54. The SMILES string of the molecule is COc1cc(OC)c(CNS(=O)(=O)N(C)C)c(OC)c1. The molecular weight excluding hydrogens is 284 g/mol. The van der Waals surface area contributed by atoms with E-state index in [1.54, 1.807) is 12.1 Å². The van der Waals surface area contributed by atoms with Crippen molar-refractivity contribution in [2.75, 3.05) is 35.4 Å². The molecular formula is C12H20N2O5S. The van der Waals surface area contributed by atoms with Gasteiger partial charge in [0.15, 0.2) is 0 Å². The zero-order valence-electron chi connectivity index (χ0n) is 12.3. The number of nitrogens with zero attached hydrogens (tertiary/aromatic N) is 1. The first-order chi connectivity index (χ1) is 9.35. The van der Waals surface area contributed by atoms with Crippen LogP contribution in [0.25, 0.3) is 0 Å². The molecule has 0 aliphatic carbocycles. The molecule has 0 fully saturated rings. The zero-order chi connectivity index (χ0) is 15.3. The van der Waals surface area contributed by atoms with E-state index in [1.165, 1.54) is 35.4 Å². The highest BCUT2D eigenvalue weighted by molar-refractivity contribution is 7.87. The summed E-state index contributed by atoms with van der Waals surface area (Å²) >= 11 is 0. The zero-order valence-corrected chi connectivity index (χ0v) is 13.1. The van der Waals surface area contributed by atoms with Gasteiger partial charge in [-0.15, -0.1) is 0 Å². The molecule has 0 heterocycles. The van der Waals surface area contributed by atoms with Crippen molar-refractivity contribution in [3.8, 4) is 17.2 Å². The smallest absolute Gasteiger partial charge is 0.279 e.